The second-order valence-electron chi connectivity index (χ2n) is 4.90. The van der Waals surface area contributed by atoms with Gasteiger partial charge in [-0.2, -0.15) is 4.31 Å². The van der Waals surface area contributed by atoms with Gasteiger partial charge in [0.1, 0.15) is 0 Å². The van der Waals surface area contributed by atoms with Gasteiger partial charge in [-0.1, -0.05) is 6.07 Å². The minimum atomic E-state index is -3.56. The molecule has 0 spiro atoms. The van der Waals surface area contributed by atoms with Gasteiger partial charge in [0.15, 0.2) is 0 Å². The third-order valence-electron chi connectivity index (χ3n) is 3.51. The third-order valence-corrected chi connectivity index (χ3v) is 7.07. The van der Waals surface area contributed by atoms with E-state index in [-0.39, 0.29) is 16.8 Å². The number of ether oxygens (including phenoxy) is 1. The van der Waals surface area contributed by atoms with Crippen LogP contribution in [0, 0.1) is 6.92 Å². The number of likely N-dealkylation sites (N-methyl/N-ethyl adjacent to an activating group) is 1. The van der Waals surface area contributed by atoms with E-state index < -0.39 is 10.0 Å². The molecule has 0 aromatic heterocycles. The smallest absolute Gasteiger partial charge is 0.244 e. The van der Waals surface area contributed by atoms with Crippen LogP contribution in [0.3, 0.4) is 0 Å². The van der Waals surface area contributed by atoms with Crippen molar-refractivity contribution in [3.8, 4) is 0 Å². The largest absolute Gasteiger partial charge is 0.380 e. The highest BCUT2D eigenvalue weighted by molar-refractivity contribution is 9.10. The average molecular weight is 383 g/mol. The van der Waals surface area contributed by atoms with Gasteiger partial charge in [0.2, 0.25) is 10.0 Å². The van der Waals surface area contributed by atoms with Crippen LogP contribution >= 0.6 is 27.5 Å². The number of aryl methyl sites for hydroxylation is 1. The molecule has 4 nitrogen and oxygen atoms in total. The summed E-state index contributed by atoms with van der Waals surface area (Å²) in [6.07, 6.45) is 0.724. The predicted octanol–water partition coefficient (Wildman–Crippen LogP) is 2.91. The van der Waals surface area contributed by atoms with Gasteiger partial charge in [-0.25, -0.2) is 8.42 Å². The van der Waals surface area contributed by atoms with Gasteiger partial charge in [-0.15, -0.1) is 11.6 Å². The summed E-state index contributed by atoms with van der Waals surface area (Å²) in [5.74, 6) is 0.285. The second kappa shape index (κ2) is 6.32. The van der Waals surface area contributed by atoms with Crippen molar-refractivity contribution in [2.24, 2.45) is 0 Å². The molecule has 1 aliphatic rings. The molecule has 0 aliphatic carbocycles. The van der Waals surface area contributed by atoms with Gasteiger partial charge >= 0.3 is 0 Å². The summed E-state index contributed by atoms with van der Waals surface area (Å²) in [5, 5.41) is 0. The van der Waals surface area contributed by atoms with Crippen LogP contribution in [-0.2, 0) is 20.6 Å². The highest BCUT2D eigenvalue weighted by Crippen LogP contribution is 2.31. The summed E-state index contributed by atoms with van der Waals surface area (Å²) < 4.78 is 32.8. The Bertz CT molecular complexity index is 600. The maximum Gasteiger partial charge on any atom is 0.244 e. The molecule has 1 aromatic rings. The lowest BCUT2D eigenvalue weighted by Gasteiger charge is -2.24. The van der Waals surface area contributed by atoms with Crippen molar-refractivity contribution in [2.75, 3.05) is 20.3 Å². The maximum atomic E-state index is 12.8. The molecule has 2 rings (SSSR count). The zero-order valence-electron chi connectivity index (χ0n) is 11.4. The average Bonchev–Trinajstić information content (AvgIpc) is 2.94. The minimum absolute atomic E-state index is 0.105. The lowest BCUT2D eigenvalue weighted by Crippen LogP contribution is -2.37. The topological polar surface area (TPSA) is 46.6 Å². The first-order valence-corrected chi connectivity index (χ1v) is 9.05. The summed E-state index contributed by atoms with van der Waals surface area (Å²) >= 11 is 9.21. The molecule has 1 fully saturated rings. The first kappa shape index (κ1) is 16.2. The summed E-state index contributed by atoms with van der Waals surface area (Å²) in [5.41, 5.74) is 1.65. The van der Waals surface area contributed by atoms with E-state index in [1.165, 1.54) is 4.31 Å². The molecule has 1 saturated heterocycles. The van der Waals surface area contributed by atoms with Gasteiger partial charge in [0.05, 0.1) is 17.5 Å². The third kappa shape index (κ3) is 3.04. The second-order valence-corrected chi connectivity index (χ2v) is 7.92. The monoisotopic (exact) mass is 381 g/mol. The van der Waals surface area contributed by atoms with Crippen molar-refractivity contribution in [3.63, 3.8) is 0 Å². The fourth-order valence-electron chi connectivity index (χ4n) is 2.23. The fourth-order valence-corrected chi connectivity index (χ4v) is 4.79. The van der Waals surface area contributed by atoms with E-state index >= 15 is 0 Å². The van der Waals surface area contributed by atoms with Crippen molar-refractivity contribution < 1.29 is 13.2 Å². The first-order valence-electron chi connectivity index (χ1n) is 6.28. The fraction of sp³-hybridized carbons (Fsp3) is 0.538. The Balaban J connectivity index is 2.45. The quantitative estimate of drug-likeness (QED) is 0.752. The summed E-state index contributed by atoms with van der Waals surface area (Å²) in [7, 11) is -1.96. The van der Waals surface area contributed by atoms with E-state index in [0.29, 0.717) is 17.7 Å². The van der Waals surface area contributed by atoms with E-state index in [0.717, 1.165) is 17.5 Å². The number of benzene rings is 1. The highest BCUT2D eigenvalue weighted by Gasteiger charge is 2.32. The standard InChI is InChI=1S/C13H17BrClNO3S/c1-9-5-10(7-15)6-12(13(9)14)20(17,18)16(2)11-3-4-19-8-11/h5-6,11H,3-4,7-8H2,1-2H3. The summed E-state index contributed by atoms with van der Waals surface area (Å²) in [6.45, 7) is 2.91. The Labute approximate surface area is 133 Å². The Morgan fingerprint density at radius 1 is 1.50 bits per heavy atom. The lowest BCUT2D eigenvalue weighted by atomic mass is 10.2. The normalized spacial score (nSPS) is 19.8. The number of nitrogens with zero attached hydrogens (tertiary/aromatic N) is 1. The van der Waals surface area contributed by atoms with Crippen LogP contribution in [0.1, 0.15) is 17.5 Å². The SMILES string of the molecule is Cc1cc(CCl)cc(S(=O)(=O)N(C)C2CCOC2)c1Br. The molecule has 1 aromatic carbocycles. The van der Waals surface area contributed by atoms with Gasteiger partial charge in [0, 0.05) is 24.0 Å². The molecule has 0 N–H and O–H groups in total. The zero-order valence-corrected chi connectivity index (χ0v) is 14.6. The Hall–Kier alpha value is -0.140. The molecule has 1 heterocycles. The van der Waals surface area contributed by atoms with Crippen LogP contribution in [0.5, 0.6) is 0 Å². The summed E-state index contributed by atoms with van der Waals surface area (Å²) in [4.78, 5) is 0.266. The molecule has 112 valence electrons. The van der Waals surface area contributed by atoms with Crippen molar-refractivity contribution in [1.82, 2.24) is 4.31 Å². The van der Waals surface area contributed by atoms with Crippen LogP contribution in [0.25, 0.3) is 0 Å². The van der Waals surface area contributed by atoms with Crippen molar-refractivity contribution in [1.29, 1.82) is 0 Å². The van der Waals surface area contributed by atoms with Crippen LogP contribution in [0.2, 0.25) is 0 Å². The molecular weight excluding hydrogens is 366 g/mol. The van der Waals surface area contributed by atoms with E-state index in [9.17, 15) is 8.42 Å². The highest BCUT2D eigenvalue weighted by atomic mass is 79.9. The number of sulfonamides is 1. The number of halogens is 2. The van der Waals surface area contributed by atoms with Gasteiger partial charge in [0.25, 0.3) is 0 Å². The Morgan fingerprint density at radius 3 is 2.75 bits per heavy atom. The van der Waals surface area contributed by atoms with Crippen LogP contribution in [0.15, 0.2) is 21.5 Å². The van der Waals surface area contributed by atoms with Gasteiger partial charge in [-0.05, 0) is 46.5 Å². The van der Waals surface area contributed by atoms with Crippen molar-refractivity contribution in [3.05, 3.63) is 27.7 Å². The molecule has 1 atom stereocenters. The molecule has 20 heavy (non-hydrogen) atoms. The minimum Gasteiger partial charge on any atom is -0.380 e. The van der Waals surface area contributed by atoms with E-state index in [4.69, 9.17) is 16.3 Å². The maximum absolute atomic E-state index is 12.8. The van der Waals surface area contributed by atoms with Crippen LogP contribution in [0.4, 0.5) is 0 Å². The molecule has 1 unspecified atom stereocenters. The van der Waals surface area contributed by atoms with Crippen LogP contribution < -0.4 is 0 Å². The molecule has 0 radical (unpaired) electrons. The van der Waals surface area contributed by atoms with Crippen molar-refractivity contribution in [2.45, 2.75) is 30.2 Å². The number of alkyl halides is 1. The number of rotatable bonds is 4. The summed E-state index contributed by atoms with van der Waals surface area (Å²) in [6, 6.07) is 3.41. The van der Waals surface area contributed by atoms with E-state index in [2.05, 4.69) is 15.9 Å². The van der Waals surface area contributed by atoms with Crippen LogP contribution in [-0.4, -0.2) is 39.0 Å². The number of hydrogen-bond donors (Lipinski definition) is 0. The zero-order chi connectivity index (χ0) is 14.9. The molecule has 0 amide bonds. The number of hydrogen-bond acceptors (Lipinski definition) is 3. The molecular formula is C13H17BrClNO3S. The lowest BCUT2D eigenvalue weighted by molar-refractivity contribution is 0.181. The van der Waals surface area contributed by atoms with Gasteiger partial charge in [-0.3, -0.25) is 0 Å². The first-order chi connectivity index (χ1) is 9.37. The predicted molar refractivity (Wildman–Crippen MR) is 82.6 cm³/mol. The molecule has 1 aliphatic heterocycles. The molecule has 0 saturated carbocycles. The van der Waals surface area contributed by atoms with E-state index in [1.807, 2.05) is 13.0 Å². The molecule has 0 bridgehead atoms. The Morgan fingerprint density at radius 2 is 2.20 bits per heavy atom. The van der Waals surface area contributed by atoms with E-state index in [1.54, 1.807) is 13.1 Å². The van der Waals surface area contributed by atoms with Gasteiger partial charge < -0.3 is 4.74 Å². The molecule has 7 heteroatoms. The Kier molecular flexibility index (Phi) is 5.13. The van der Waals surface area contributed by atoms with Crippen molar-refractivity contribution >= 4 is 37.6 Å².